The first-order valence-electron chi connectivity index (χ1n) is 9.73. The summed E-state index contributed by atoms with van der Waals surface area (Å²) >= 11 is 2.98. The lowest BCUT2D eigenvalue weighted by atomic mass is 10.1. The number of nitrogens with zero attached hydrogens (tertiary/aromatic N) is 3. The smallest absolute Gasteiger partial charge is 0.264 e. The molecular formula is C22H18FIN4O3S2. The number of halogens is 2. The fraction of sp³-hybridized carbons (Fsp3) is 0.136. The molecule has 0 fully saturated rings. The third-order valence-corrected chi connectivity index (χ3v) is 7.86. The number of sulfonamides is 1. The number of benzene rings is 3. The number of hydrogen-bond donors (Lipinski definition) is 1. The van der Waals surface area contributed by atoms with Crippen molar-refractivity contribution in [1.29, 1.82) is 0 Å². The van der Waals surface area contributed by atoms with Gasteiger partial charge in [-0.05, 0) is 77.5 Å². The first kappa shape index (κ1) is 23.5. The van der Waals surface area contributed by atoms with Crippen molar-refractivity contribution in [2.45, 2.75) is 17.9 Å². The lowest BCUT2D eigenvalue weighted by Crippen LogP contribution is -2.30. The molecule has 7 nitrogen and oxygen atoms in total. The molecule has 4 rings (SSSR count). The molecule has 0 aliphatic carbocycles. The molecule has 0 aliphatic heterocycles. The Kier molecular flexibility index (Phi) is 6.64. The maximum absolute atomic E-state index is 13.3. The highest BCUT2D eigenvalue weighted by Gasteiger charge is 2.25. The van der Waals surface area contributed by atoms with Crippen LogP contribution in [0.1, 0.15) is 28.9 Å². The Labute approximate surface area is 208 Å². The van der Waals surface area contributed by atoms with Crippen molar-refractivity contribution in [2.75, 3.05) is 11.8 Å². The minimum Gasteiger partial charge on any atom is -0.335 e. The van der Waals surface area contributed by atoms with Crippen molar-refractivity contribution in [3.63, 3.8) is 0 Å². The zero-order valence-corrected chi connectivity index (χ0v) is 21.3. The van der Waals surface area contributed by atoms with Gasteiger partial charge in [-0.3, -0.25) is 9.52 Å². The molecule has 0 saturated heterocycles. The zero-order valence-electron chi connectivity index (χ0n) is 17.5. The lowest BCUT2D eigenvalue weighted by Gasteiger charge is -2.26. The van der Waals surface area contributed by atoms with E-state index in [2.05, 4.69) is 36.1 Å². The molecule has 1 aromatic heterocycles. The van der Waals surface area contributed by atoms with E-state index in [0.29, 0.717) is 5.52 Å². The molecule has 1 unspecified atom stereocenters. The highest BCUT2D eigenvalue weighted by atomic mass is 127. The van der Waals surface area contributed by atoms with Gasteiger partial charge in [0.1, 0.15) is 21.7 Å². The molecule has 3 aromatic carbocycles. The Hall–Kier alpha value is -2.64. The predicted molar refractivity (Wildman–Crippen MR) is 134 cm³/mol. The molecule has 170 valence electrons. The van der Waals surface area contributed by atoms with Crippen molar-refractivity contribution in [1.82, 2.24) is 13.6 Å². The van der Waals surface area contributed by atoms with Crippen molar-refractivity contribution in [2.24, 2.45) is 0 Å². The summed E-state index contributed by atoms with van der Waals surface area (Å²) in [5, 5.41) is 0. The van der Waals surface area contributed by atoms with Crippen LogP contribution in [0.2, 0.25) is 0 Å². The maximum atomic E-state index is 13.3. The molecule has 0 radical (unpaired) electrons. The highest BCUT2D eigenvalue weighted by molar-refractivity contribution is 14.1. The van der Waals surface area contributed by atoms with Gasteiger partial charge in [-0.2, -0.15) is 8.75 Å². The summed E-state index contributed by atoms with van der Waals surface area (Å²) in [6.07, 6.45) is 0. The number of carbonyl (C=O) groups is 1. The van der Waals surface area contributed by atoms with E-state index in [0.717, 1.165) is 20.9 Å². The Morgan fingerprint density at radius 3 is 2.58 bits per heavy atom. The number of rotatable bonds is 6. The van der Waals surface area contributed by atoms with E-state index >= 15 is 0 Å². The van der Waals surface area contributed by atoms with E-state index in [1.165, 1.54) is 23.1 Å². The van der Waals surface area contributed by atoms with Gasteiger partial charge < -0.3 is 4.90 Å². The molecule has 4 aromatic rings. The minimum atomic E-state index is -4.05. The summed E-state index contributed by atoms with van der Waals surface area (Å²) in [4.78, 5) is 14.8. The molecule has 33 heavy (non-hydrogen) atoms. The maximum Gasteiger partial charge on any atom is 0.264 e. The number of fused-ring (bicyclic) bond motifs is 1. The second kappa shape index (κ2) is 9.31. The SMILES string of the molecule is CC(c1ccc(F)cc1)N(C)C(=O)c1ccc(I)cc1NS(=O)(=O)c1cccc2nsnc12. The van der Waals surface area contributed by atoms with Crippen LogP contribution >= 0.6 is 34.3 Å². The number of amides is 1. The third-order valence-electron chi connectivity index (χ3n) is 5.25. The molecule has 0 aliphatic rings. The van der Waals surface area contributed by atoms with Gasteiger partial charge in [0.05, 0.1) is 29.0 Å². The van der Waals surface area contributed by atoms with Crippen LogP contribution < -0.4 is 4.72 Å². The normalized spacial score (nSPS) is 12.5. The van der Waals surface area contributed by atoms with Crippen molar-refractivity contribution in [3.8, 4) is 0 Å². The summed E-state index contributed by atoms with van der Waals surface area (Å²) in [5.41, 5.74) is 1.86. The number of carbonyl (C=O) groups excluding carboxylic acids is 1. The van der Waals surface area contributed by atoms with Crippen molar-refractivity contribution in [3.05, 3.63) is 81.2 Å². The summed E-state index contributed by atoms with van der Waals surface area (Å²) in [5.74, 6) is -0.742. The van der Waals surface area contributed by atoms with Crippen LogP contribution in [0.3, 0.4) is 0 Å². The van der Waals surface area contributed by atoms with E-state index < -0.39 is 10.0 Å². The van der Waals surface area contributed by atoms with Gasteiger partial charge in [0.2, 0.25) is 0 Å². The molecule has 1 amide bonds. The Balaban J connectivity index is 1.68. The second-order valence-electron chi connectivity index (χ2n) is 7.33. The molecule has 0 bridgehead atoms. The summed E-state index contributed by atoms with van der Waals surface area (Å²) in [6.45, 7) is 1.82. The van der Waals surface area contributed by atoms with E-state index in [1.807, 2.05) is 6.92 Å². The monoisotopic (exact) mass is 596 g/mol. The third kappa shape index (κ3) is 4.84. The Morgan fingerprint density at radius 1 is 1.12 bits per heavy atom. The number of hydrogen-bond acceptors (Lipinski definition) is 6. The number of nitrogens with one attached hydrogen (secondary N) is 1. The second-order valence-corrected chi connectivity index (χ2v) is 10.8. The Bertz CT molecular complexity index is 1440. The van der Waals surface area contributed by atoms with Gasteiger partial charge in [-0.25, -0.2) is 12.8 Å². The van der Waals surface area contributed by atoms with Crippen LogP contribution in [-0.4, -0.2) is 35.0 Å². The fourth-order valence-electron chi connectivity index (χ4n) is 3.32. The van der Waals surface area contributed by atoms with Gasteiger partial charge >= 0.3 is 0 Å². The lowest BCUT2D eigenvalue weighted by molar-refractivity contribution is 0.0743. The highest BCUT2D eigenvalue weighted by Crippen LogP contribution is 2.29. The van der Waals surface area contributed by atoms with E-state index in [4.69, 9.17) is 0 Å². The molecule has 1 N–H and O–H groups in total. The largest absolute Gasteiger partial charge is 0.335 e. The molecule has 0 spiro atoms. The van der Waals surface area contributed by atoms with Crippen LogP contribution in [0.15, 0.2) is 65.6 Å². The molecular weight excluding hydrogens is 578 g/mol. The van der Waals surface area contributed by atoms with E-state index in [1.54, 1.807) is 49.5 Å². The molecule has 0 saturated carbocycles. The summed E-state index contributed by atoms with van der Waals surface area (Å²) < 4.78 is 51.2. The molecule has 1 atom stereocenters. The van der Waals surface area contributed by atoms with Gasteiger partial charge in [0, 0.05) is 10.6 Å². The minimum absolute atomic E-state index is 0.0148. The van der Waals surface area contributed by atoms with Crippen LogP contribution in [0.5, 0.6) is 0 Å². The van der Waals surface area contributed by atoms with E-state index in [9.17, 15) is 17.6 Å². The van der Waals surface area contributed by atoms with Gasteiger partial charge in [0.15, 0.2) is 0 Å². The van der Waals surface area contributed by atoms with Gasteiger partial charge in [-0.15, -0.1) is 0 Å². The van der Waals surface area contributed by atoms with Crippen molar-refractivity contribution >= 4 is 67.0 Å². The topological polar surface area (TPSA) is 92.3 Å². The Morgan fingerprint density at radius 2 is 1.85 bits per heavy atom. The van der Waals surface area contributed by atoms with Crippen LogP contribution in [0.4, 0.5) is 10.1 Å². The average Bonchev–Trinajstić information content (AvgIpc) is 3.27. The summed E-state index contributed by atoms with van der Waals surface area (Å²) in [6, 6.07) is 15.2. The first-order valence-corrected chi connectivity index (χ1v) is 13.0. The van der Waals surface area contributed by atoms with Crippen LogP contribution in [0, 0.1) is 9.39 Å². The molecule has 11 heteroatoms. The van der Waals surface area contributed by atoms with Crippen molar-refractivity contribution < 1.29 is 17.6 Å². The number of aromatic nitrogens is 2. The predicted octanol–water partition coefficient (Wildman–Crippen LogP) is 5.07. The van der Waals surface area contributed by atoms with Gasteiger partial charge in [0.25, 0.3) is 15.9 Å². The standard InChI is InChI=1S/C22H18FIN4O3S2/c1-13(14-6-8-15(23)9-7-14)28(2)22(29)17-11-10-16(24)12-19(17)27-33(30,31)20-5-3-4-18-21(20)26-32-25-18/h3-13,27H,1-2H3. The van der Waals surface area contributed by atoms with Crippen LogP contribution in [0.25, 0.3) is 11.0 Å². The summed E-state index contributed by atoms with van der Waals surface area (Å²) in [7, 11) is -2.43. The van der Waals surface area contributed by atoms with E-state index in [-0.39, 0.29) is 39.4 Å². The first-order chi connectivity index (χ1) is 15.7. The average molecular weight is 596 g/mol. The van der Waals surface area contributed by atoms with Gasteiger partial charge in [-0.1, -0.05) is 18.2 Å². The van der Waals surface area contributed by atoms with Crippen LogP contribution in [-0.2, 0) is 10.0 Å². The quantitative estimate of drug-likeness (QED) is 0.314. The zero-order chi connectivity index (χ0) is 23.8. The number of anilines is 1. The molecule has 1 heterocycles. The fourth-order valence-corrected chi connectivity index (χ4v) is 5.65.